The Morgan fingerprint density at radius 2 is 2.27 bits per heavy atom. The van der Waals surface area contributed by atoms with Crippen LogP contribution in [0, 0.1) is 0 Å². The maximum atomic E-state index is 11.4. The van der Waals surface area contributed by atoms with Crippen LogP contribution in [-0.4, -0.2) is 17.9 Å². The van der Waals surface area contributed by atoms with E-state index < -0.39 is 0 Å². The van der Waals surface area contributed by atoms with Gasteiger partial charge in [-0.2, -0.15) is 0 Å². The Bertz CT molecular complexity index is 352. The largest absolute Gasteiger partial charge is 0.462 e. The van der Waals surface area contributed by atoms with Crippen LogP contribution in [0.5, 0.6) is 0 Å². The molecule has 2 nitrogen and oxygen atoms in total. The molecule has 0 unspecified atom stereocenters. The first-order valence-corrected chi connectivity index (χ1v) is 6.20. The van der Waals surface area contributed by atoms with Gasteiger partial charge in [0.25, 0.3) is 0 Å². The van der Waals surface area contributed by atoms with Crippen LogP contribution in [-0.2, 0) is 11.2 Å². The van der Waals surface area contributed by atoms with Crippen molar-refractivity contribution in [3.05, 3.63) is 34.3 Å². The molecule has 1 aromatic rings. The third-order valence-electron chi connectivity index (χ3n) is 1.93. The third-order valence-corrected chi connectivity index (χ3v) is 2.68. The van der Waals surface area contributed by atoms with E-state index in [-0.39, 0.29) is 5.97 Å². The maximum Gasteiger partial charge on any atom is 0.338 e. The van der Waals surface area contributed by atoms with Crippen molar-refractivity contribution in [3.63, 3.8) is 0 Å². The lowest BCUT2D eigenvalue weighted by molar-refractivity contribution is 0.0526. The van der Waals surface area contributed by atoms with E-state index in [1.54, 1.807) is 19.1 Å². The van der Waals surface area contributed by atoms with Gasteiger partial charge in [0.15, 0.2) is 0 Å². The van der Waals surface area contributed by atoms with Crippen molar-refractivity contribution in [2.45, 2.75) is 13.3 Å². The van der Waals surface area contributed by atoms with Crippen molar-refractivity contribution in [2.75, 3.05) is 11.9 Å². The van der Waals surface area contributed by atoms with Crippen molar-refractivity contribution in [2.24, 2.45) is 0 Å². The van der Waals surface area contributed by atoms with Gasteiger partial charge < -0.3 is 4.74 Å². The SMILES string of the molecule is CCOC(=O)c1ccc(CCBr)c(Cl)c1. The molecule has 1 aromatic carbocycles. The molecule has 0 fully saturated rings. The van der Waals surface area contributed by atoms with Crippen molar-refractivity contribution >= 4 is 33.5 Å². The van der Waals surface area contributed by atoms with Crippen LogP contribution in [0.1, 0.15) is 22.8 Å². The first kappa shape index (κ1) is 12.5. The molecular formula is C11H12BrClO2. The molecule has 0 spiro atoms. The average Bonchev–Trinajstić information content (AvgIpc) is 2.21. The molecule has 0 atom stereocenters. The summed E-state index contributed by atoms with van der Waals surface area (Å²) in [4.78, 5) is 11.4. The minimum atomic E-state index is -0.329. The minimum Gasteiger partial charge on any atom is -0.462 e. The molecule has 0 N–H and O–H groups in total. The van der Waals surface area contributed by atoms with E-state index in [1.165, 1.54) is 0 Å². The number of rotatable bonds is 4. The summed E-state index contributed by atoms with van der Waals surface area (Å²) in [6.45, 7) is 2.15. The Kier molecular flexibility index (Phi) is 5.12. The van der Waals surface area contributed by atoms with E-state index in [4.69, 9.17) is 16.3 Å². The molecule has 0 aliphatic heterocycles. The average molecular weight is 292 g/mol. The molecule has 0 saturated heterocycles. The highest BCUT2D eigenvalue weighted by Gasteiger charge is 2.08. The van der Waals surface area contributed by atoms with E-state index in [9.17, 15) is 4.79 Å². The fourth-order valence-corrected chi connectivity index (χ4v) is 1.90. The highest BCUT2D eigenvalue weighted by Crippen LogP contribution is 2.19. The lowest BCUT2D eigenvalue weighted by Crippen LogP contribution is -2.04. The summed E-state index contributed by atoms with van der Waals surface area (Å²) in [5, 5.41) is 1.46. The van der Waals surface area contributed by atoms with Crippen LogP contribution >= 0.6 is 27.5 Å². The molecule has 0 heterocycles. The highest BCUT2D eigenvalue weighted by atomic mass is 79.9. The van der Waals surface area contributed by atoms with Gasteiger partial charge in [-0.15, -0.1) is 0 Å². The van der Waals surface area contributed by atoms with Gasteiger partial charge in [-0.25, -0.2) is 4.79 Å². The summed E-state index contributed by atoms with van der Waals surface area (Å²) in [6.07, 6.45) is 0.849. The summed E-state index contributed by atoms with van der Waals surface area (Å²) in [5.74, 6) is -0.329. The number of halogens is 2. The first-order valence-electron chi connectivity index (χ1n) is 4.70. The third kappa shape index (κ3) is 3.50. The summed E-state index contributed by atoms with van der Waals surface area (Å²) in [6, 6.07) is 5.25. The second kappa shape index (κ2) is 6.13. The zero-order valence-corrected chi connectivity index (χ0v) is 10.8. The van der Waals surface area contributed by atoms with Gasteiger partial charge in [0.2, 0.25) is 0 Å². The molecule has 15 heavy (non-hydrogen) atoms. The number of alkyl halides is 1. The summed E-state index contributed by atoms with van der Waals surface area (Å²) >= 11 is 9.37. The van der Waals surface area contributed by atoms with Crippen molar-refractivity contribution < 1.29 is 9.53 Å². The quantitative estimate of drug-likeness (QED) is 0.627. The summed E-state index contributed by atoms with van der Waals surface area (Å²) in [7, 11) is 0. The molecule has 0 aromatic heterocycles. The van der Waals surface area contributed by atoms with Crippen LogP contribution in [0.25, 0.3) is 0 Å². The lowest BCUT2D eigenvalue weighted by atomic mass is 10.1. The summed E-state index contributed by atoms with van der Waals surface area (Å²) in [5.41, 5.74) is 1.53. The Balaban J connectivity index is 2.86. The molecule has 0 bridgehead atoms. The van der Waals surface area contributed by atoms with Crippen LogP contribution in [0.4, 0.5) is 0 Å². The van der Waals surface area contributed by atoms with E-state index >= 15 is 0 Å². The number of ether oxygens (including phenoxy) is 1. The minimum absolute atomic E-state index is 0.329. The van der Waals surface area contributed by atoms with Crippen molar-refractivity contribution in [1.29, 1.82) is 0 Å². The topological polar surface area (TPSA) is 26.3 Å². The highest BCUT2D eigenvalue weighted by molar-refractivity contribution is 9.09. The van der Waals surface area contributed by atoms with Gasteiger partial charge in [-0.05, 0) is 31.0 Å². The molecular weight excluding hydrogens is 279 g/mol. The second-order valence-electron chi connectivity index (χ2n) is 2.97. The number of hydrogen-bond acceptors (Lipinski definition) is 2. The molecule has 0 amide bonds. The van der Waals surface area contributed by atoms with Gasteiger partial charge in [-0.1, -0.05) is 33.6 Å². The Morgan fingerprint density at radius 3 is 2.80 bits per heavy atom. The molecule has 4 heteroatoms. The first-order chi connectivity index (χ1) is 7.19. The van der Waals surface area contributed by atoms with E-state index in [0.29, 0.717) is 17.2 Å². The summed E-state index contributed by atoms with van der Waals surface area (Å²) < 4.78 is 4.88. The number of carbonyl (C=O) groups is 1. The Morgan fingerprint density at radius 1 is 1.53 bits per heavy atom. The second-order valence-corrected chi connectivity index (χ2v) is 4.17. The zero-order chi connectivity index (χ0) is 11.3. The van der Waals surface area contributed by atoms with Gasteiger partial charge in [-0.3, -0.25) is 0 Å². The maximum absolute atomic E-state index is 11.4. The number of benzene rings is 1. The zero-order valence-electron chi connectivity index (χ0n) is 8.43. The Labute approximate surface area is 103 Å². The predicted molar refractivity (Wildman–Crippen MR) is 64.9 cm³/mol. The molecule has 0 saturated carbocycles. The molecule has 1 rings (SSSR count). The molecule has 0 aliphatic carbocycles. The van der Waals surface area contributed by atoms with Gasteiger partial charge in [0.1, 0.15) is 0 Å². The molecule has 82 valence electrons. The van der Waals surface area contributed by atoms with Crippen LogP contribution in [0.3, 0.4) is 0 Å². The van der Waals surface area contributed by atoms with Gasteiger partial charge in [0.05, 0.1) is 12.2 Å². The smallest absolute Gasteiger partial charge is 0.338 e. The van der Waals surface area contributed by atoms with E-state index in [0.717, 1.165) is 17.3 Å². The number of hydrogen-bond donors (Lipinski definition) is 0. The van der Waals surface area contributed by atoms with Gasteiger partial charge >= 0.3 is 5.97 Å². The predicted octanol–water partition coefficient (Wildman–Crippen LogP) is 3.45. The van der Waals surface area contributed by atoms with Crippen molar-refractivity contribution in [1.82, 2.24) is 0 Å². The van der Waals surface area contributed by atoms with E-state index in [1.807, 2.05) is 6.07 Å². The molecule has 0 aliphatic rings. The van der Waals surface area contributed by atoms with Crippen LogP contribution < -0.4 is 0 Å². The number of aryl methyl sites for hydroxylation is 1. The molecule has 0 radical (unpaired) electrons. The van der Waals surface area contributed by atoms with Gasteiger partial charge in [0, 0.05) is 10.4 Å². The van der Waals surface area contributed by atoms with E-state index in [2.05, 4.69) is 15.9 Å². The van der Waals surface area contributed by atoms with Crippen molar-refractivity contribution in [3.8, 4) is 0 Å². The monoisotopic (exact) mass is 290 g/mol. The van der Waals surface area contributed by atoms with Crippen LogP contribution in [0.2, 0.25) is 5.02 Å². The fourth-order valence-electron chi connectivity index (χ4n) is 1.19. The fraction of sp³-hybridized carbons (Fsp3) is 0.364. The normalized spacial score (nSPS) is 10.1. The lowest BCUT2D eigenvalue weighted by Gasteiger charge is -2.05. The standard InChI is InChI=1S/C11H12BrClO2/c1-2-15-11(14)9-4-3-8(5-6-12)10(13)7-9/h3-4,7H,2,5-6H2,1H3. The Hall–Kier alpha value is -0.540. The van der Waals surface area contributed by atoms with Crippen LogP contribution in [0.15, 0.2) is 18.2 Å². The number of esters is 1. The number of carbonyl (C=O) groups excluding carboxylic acids is 1.